The van der Waals surface area contributed by atoms with E-state index >= 15 is 0 Å². The molecule has 1 aliphatic heterocycles. The summed E-state index contributed by atoms with van der Waals surface area (Å²) in [7, 11) is 0. The molecule has 138 valence electrons. The van der Waals surface area contributed by atoms with E-state index in [0.29, 0.717) is 12.3 Å². The number of aliphatic hydroxyl groups excluding tert-OH is 4. The number of ether oxygens (including phenoxy) is 1. The van der Waals surface area contributed by atoms with Gasteiger partial charge >= 0.3 is 5.97 Å². The molecule has 0 aromatic rings. The van der Waals surface area contributed by atoms with Crippen LogP contribution in [0.2, 0.25) is 0 Å². The highest BCUT2D eigenvalue weighted by Gasteiger charge is 2.43. The standard InChI is InChI=1S/C15H25NO8/c1-7(2)3-4-11(20)16-12-8(18)5-10(15(22)23)24-14(12)13(21)9(19)6-17/h5,7-9,12-14,17-19,21H,3-4,6H2,1-2H3,(H,16,20)(H,22,23)/t8-,9?,12?,13?,14?/m1/s1. The number of rotatable bonds is 8. The van der Waals surface area contributed by atoms with Gasteiger partial charge in [-0.25, -0.2) is 4.79 Å². The number of aliphatic carboxylic acids is 1. The van der Waals surface area contributed by atoms with Crippen molar-refractivity contribution in [3.63, 3.8) is 0 Å². The van der Waals surface area contributed by atoms with Crippen LogP contribution in [0.5, 0.6) is 0 Å². The van der Waals surface area contributed by atoms with Crippen LogP contribution in [0.25, 0.3) is 0 Å². The second kappa shape index (κ2) is 8.97. The second-order valence-electron chi connectivity index (χ2n) is 6.18. The van der Waals surface area contributed by atoms with Crippen molar-refractivity contribution < 1.29 is 39.9 Å². The summed E-state index contributed by atoms with van der Waals surface area (Å²) in [6.45, 7) is 3.09. The van der Waals surface area contributed by atoms with E-state index in [-0.39, 0.29) is 6.42 Å². The predicted octanol–water partition coefficient (Wildman–Crippen LogP) is -1.65. The summed E-state index contributed by atoms with van der Waals surface area (Å²) >= 11 is 0. The van der Waals surface area contributed by atoms with Crippen LogP contribution in [0, 0.1) is 5.92 Å². The van der Waals surface area contributed by atoms with Crippen molar-refractivity contribution in [1.29, 1.82) is 0 Å². The zero-order valence-corrected chi connectivity index (χ0v) is 13.6. The lowest BCUT2D eigenvalue weighted by atomic mass is 9.93. The predicted molar refractivity (Wildman–Crippen MR) is 81.7 cm³/mol. The van der Waals surface area contributed by atoms with Crippen molar-refractivity contribution >= 4 is 11.9 Å². The molecule has 9 heteroatoms. The number of carbonyl (C=O) groups excluding carboxylic acids is 1. The highest BCUT2D eigenvalue weighted by molar-refractivity contribution is 5.84. The van der Waals surface area contributed by atoms with Gasteiger partial charge in [0.15, 0.2) is 6.10 Å². The van der Waals surface area contributed by atoms with Crippen LogP contribution in [0.1, 0.15) is 26.7 Å². The first-order chi connectivity index (χ1) is 11.2. The van der Waals surface area contributed by atoms with Crippen LogP contribution in [0.15, 0.2) is 11.8 Å². The lowest BCUT2D eigenvalue weighted by molar-refractivity contribution is -0.149. The summed E-state index contributed by atoms with van der Waals surface area (Å²) in [5.74, 6) is -2.18. The Hall–Kier alpha value is -1.68. The van der Waals surface area contributed by atoms with E-state index in [4.69, 9.17) is 14.9 Å². The van der Waals surface area contributed by atoms with E-state index in [1.807, 2.05) is 13.8 Å². The van der Waals surface area contributed by atoms with E-state index in [2.05, 4.69) is 5.32 Å². The zero-order chi connectivity index (χ0) is 18.4. The van der Waals surface area contributed by atoms with Crippen LogP contribution < -0.4 is 5.32 Å². The molecule has 0 aromatic carbocycles. The van der Waals surface area contributed by atoms with Crippen molar-refractivity contribution in [2.45, 2.75) is 57.1 Å². The van der Waals surface area contributed by atoms with Crippen LogP contribution in [-0.2, 0) is 14.3 Å². The van der Waals surface area contributed by atoms with Gasteiger partial charge in [0.25, 0.3) is 0 Å². The molecule has 5 atom stereocenters. The van der Waals surface area contributed by atoms with Crippen LogP contribution in [0.4, 0.5) is 0 Å². The maximum Gasteiger partial charge on any atom is 0.370 e. The number of nitrogens with one attached hydrogen (secondary N) is 1. The van der Waals surface area contributed by atoms with Gasteiger partial charge < -0.3 is 35.6 Å². The fourth-order valence-corrected chi connectivity index (χ4v) is 2.29. The molecule has 1 rings (SSSR count). The highest BCUT2D eigenvalue weighted by atomic mass is 16.5. The Bertz CT molecular complexity index is 478. The van der Waals surface area contributed by atoms with Crippen LogP contribution >= 0.6 is 0 Å². The monoisotopic (exact) mass is 347 g/mol. The van der Waals surface area contributed by atoms with E-state index in [9.17, 15) is 24.9 Å². The number of hydrogen-bond acceptors (Lipinski definition) is 7. The molecule has 0 bridgehead atoms. The molecule has 6 N–H and O–H groups in total. The van der Waals surface area contributed by atoms with Gasteiger partial charge in [-0.15, -0.1) is 0 Å². The third kappa shape index (κ3) is 5.45. The third-order valence-corrected chi connectivity index (χ3v) is 3.71. The van der Waals surface area contributed by atoms with Gasteiger partial charge in [-0.2, -0.15) is 0 Å². The molecule has 0 aliphatic carbocycles. The summed E-state index contributed by atoms with van der Waals surface area (Å²) in [6.07, 6.45) is -4.49. The number of carboxylic acids is 1. The van der Waals surface area contributed by atoms with Crippen molar-refractivity contribution in [3.05, 3.63) is 11.8 Å². The lowest BCUT2D eigenvalue weighted by Gasteiger charge is -2.38. The molecule has 0 spiro atoms. The fourth-order valence-electron chi connectivity index (χ4n) is 2.29. The average Bonchev–Trinajstić information content (AvgIpc) is 2.52. The Balaban J connectivity index is 2.94. The molecular formula is C15H25NO8. The fraction of sp³-hybridized carbons (Fsp3) is 0.733. The molecule has 1 amide bonds. The van der Waals surface area contributed by atoms with Crippen molar-refractivity contribution in [2.75, 3.05) is 6.61 Å². The minimum Gasteiger partial charge on any atom is -0.478 e. The summed E-state index contributed by atoms with van der Waals surface area (Å²) in [4.78, 5) is 23.0. The molecular weight excluding hydrogens is 322 g/mol. The summed E-state index contributed by atoms with van der Waals surface area (Å²) < 4.78 is 5.11. The molecule has 0 fully saturated rings. The largest absolute Gasteiger partial charge is 0.478 e. The maximum absolute atomic E-state index is 12.0. The van der Waals surface area contributed by atoms with Gasteiger partial charge in [0.2, 0.25) is 11.7 Å². The Kier molecular flexibility index (Phi) is 7.61. The Morgan fingerprint density at radius 2 is 1.96 bits per heavy atom. The van der Waals surface area contributed by atoms with E-state index in [1.165, 1.54) is 0 Å². The van der Waals surface area contributed by atoms with Gasteiger partial charge in [-0.3, -0.25) is 4.79 Å². The summed E-state index contributed by atoms with van der Waals surface area (Å²) in [5.41, 5.74) is 0. The van der Waals surface area contributed by atoms with Gasteiger partial charge in [0, 0.05) is 6.42 Å². The Morgan fingerprint density at radius 3 is 2.46 bits per heavy atom. The highest BCUT2D eigenvalue weighted by Crippen LogP contribution is 2.23. The topological polar surface area (TPSA) is 157 Å². The molecule has 24 heavy (non-hydrogen) atoms. The molecule has 0 saturated heterocycles. The molecule has 9 nitrogen and oxygen atoms in total. The number of carbonyl (C=O) groups is 2. The molecule has 0 saturated carbocycles. The Labute approximate surface area is 139 Å². The smallest absolute Gasteiger partial charge is 0.370 e. The number of carboxylic acid groups (broad SMARTS) is 1. The molecule has 4 unspecified atom stereocenters. The SMILES string of the molecule is CC(C)CCC(=O)NC1C(C(O)C(O)CO)OC(C(=O)O)=C[C@H]1O. The normalized spacial score (nSPS) is 26.3. The number of aliphatic hydroxyl groups is 4. The first kappa shape index (κ1) is 20.4. The molecule has 0 radical (unpaired) electrons. The Morgan fingerprint density at radius 1 is 1.33 bits per heavy atom. The zero-order valence-electron chi connectivity index (χ0n) is 13.6. The summed E-state index contributed by atoms with van der Waals surface area (Å²) in [5, 5.41) is 50.1. The third-order valence-electron chi connectivity index (χ3n) is 3.71. The van der Waals surface area contributed by atoms with Gasteiger partial charge in [-0.1, -0.05) is 13.8 Å². The van der Waals surface area contributed by atoms with Gasteiger partial charge in [-0.05, 0) is 18.4 Å². The number of amides is 1. The minimum atomic E-state index is -1.71. The van der Waals surface area contributed by atoms with E-state index in [0.717, 1.165) is 6.08 Å². The molecule has 1 heterocycles. The molecule has 1 aliphatic rings. The first-order valence-corrected chi connectivity index (χ1v) is 7.73. The number of hydrogen-bond donors (Lipinski definition) is 6. The summed E-state index contributed by atoms with van der Waals surface area (Å²) in [6, 6.07) is -1.16. The van der Waals surface area contributed by atoms with E-state index < -0.39 is 54.7 Å². The van der Waals surface area contributed by atoms with Crippen molar-refractivity contribution in [2.24, 2.45) is 5.92 Å². The lowest BCUT2D eigenvalue weighted by Crippen LogP contribution is -2.60. The van der Waals surface area contributed by atoms with Gasteiger partial charge in [0.1, 0.15) is 18.3 Å². The average molecular weight is 347 g/mol. The minimum absolute atomic E-state index is 0.182. The molecule has 0 aromatic heterocycles. The quantitative estimate of drug-likeness (QED) is 0.305. The first-order valence-electron chi connectivity index (χ1n) is 7.73. The van der Waals surface area contributed by atoms with Crippen LogP contribution in [0.3, 0.4) is 0 Å². The maximum atomic E-state index is 12.0. The van der Waals surface area contributed by atoms with E-state index in [1.54, 1.807) is 0 Å². The van der Waals surface area contributed by atoms with Crippen molar-refractivity contribution in [1.82, 2.24) is 5.32 Å². The van der Waals surface area contributed by atoms with Crippen LogP contribution in [-0.4, -0.2) is 74.5 Å². The van der Waals surface area contributed by atoms with Crippen molar-refractivity contribution in [3.8, 4) is 0 Å². The van der Waals surface area contributed by atoms with Gasteiger partial charge in [0.05, 0.1) is 12.6 Å². The second-order valence-corrected chi connectivity index (χ2v) is 6.18.